The smallest absolute Gasteiger partial charge is 0.416 e. The van der Waals surface area contributed by atoms with Crippen LogP contribution in [0, 0.1) is 0 Å². The minimum Gasteiger partial charge on any atom is -0.481 e. The number of hydrogen-bond acceptors (Lipinski definition) is 2. The van der Waals surface area contributed by atoms with E-state index in [-0.39, 0.29) is 11.4 Å². The first-order valence-corrected chi connectivity index (χ1v) is 7.78. The number of alkyl halides is 3. The van der Waals surface area contributed by atoms with Crippen molar-refractivity contribution in [2.24, 2.45) is 0 Å². The van der Waals surface area contributed by atoms with Gasteiger partial charge in [-0.1, -0.05) is 17.7 Å². The minimum absolute atomic E-state index is 0.0241. The number of ketones is 1. The zero-order chi connectivity index (χ0) is 19.1. The maximum atomic E-state index is 13.0. The lowest BCUT2D eigenvalue weighted by Crippen LogP contribution is -2.13. The van der Waals surface area contributed by atoms with Crippen molar-refractivity contribution in [2.45, 2.75) is 12.6 Å². The molecule has 0 bridgehead atoms. The number of fused-ring (bicyclic) bond motifs is 1. The maximum Gasteiger partial charge on any atom is 0.416 e. The third-order valence-electron chi connectivity index (χ3n) is 3.79. The van der Waals surface area contributed by atoms with E-state index in [0.29, 0.717) is 15.9 Å². The molecule has 4 nitrogen and oxygen atoms in total. The van der Waals surface area contributed by atoms with E-state index in [1.807, 2.05) is 0 Å². The molecule has 2 aromatic carbocycles. The molecule has 134 valence electrons. The highest BCUT2D eigenvalue weighted by atomic mass is 35.5. The Morgan fingerprint density at radius 3 is 2.46 bits per heavy atom. The highest BCUT2D eigenvalue weighted by Crippen LogP contribution is 2.33. The van der Waals surface area contributed by atoms with Gasteiger partial charge < -0.3 is 9.67 Å². The molecule has 3 rings (SSSR count). The van der Waals surface area contributed by atoms with Gasteiger partial charge in [-0.15, -0.1) is 0 Å². The Hall–Kier alpha value is -2.80. The van der Waals surface area contributed by atoms with Crippen molar-refractivity contribution < 1.29 is 27.9 Å². The van der Waals surface area contributed by atoms with E-state index in [4.69, 9.17) is 16.7 Å². The van der Waals surface area contributed by atoms with Crippen molar-refractivity contribution >= 4 is 34.3 Å². The molecule has 1 aromatic heterocycles. The van der Waals surface area contributed by atoms with Crippen molar-refractivity contribution in [1.82, 2.24) is 4.57 Å². The first kappa shape index (κ1) is 18.0. The Bertz CT molecular complexity index is 1020. The first-order chi connectivity index (χ1) is 12.2. The molecule has 0 aliphatic rings. The third kappa shape index (κ3) is 3.43. The Kier molecular flexibility index (Phi) is 4.50. The van der Waals surface area contributed by atoms with Gasteiger partial charge in [-0.3, -0.25) is 9.59 Å². The molecule has 1 N–H and O–H groups in total. The molecule has 0 saturated heterocycles. The molecule has 1 heterocycles. The Morgan fingerprint density at radius 1 is 1.08 bits per heavy atom. The molecule has 8 heteroatoms. The second kappa shape index (κ2) is 6.49. The van der Waals surface area contributed by atoms with Gasteiger partial charge in [0.25, 0.3) is 0 Å². The van der Waals surface area contributed by atoms with Gasteiger partial charge >= 0.3 is 12.1 Å². The predicted molar refractivity (Wildman–Crippen MR) is 89.9 cm³/mol. The van der Waals surface area contributed by atoms with Crippen LogP contribution in [0.2, 0.25) is 5.02 Å². The van der Waals surface area contributed by atoms with Crippen LogP contribution in [0.15, 0.2) is 48.5 Å². The molecule has 0 fully saturated rings. The van der Waals surface area contributed by atoms with Crippen molar-refractivity contribution in [2.75, 3.05) is 0 Å². The Balaban J connectivity index is 2.26. The second-order valence-corrected chi connectivity index (χ2v) is 6.05. The summed E-state index contributed by atoms with van der Waals surface area (Å²) in [5.41, 5.74) is -0.347. The Morgan fingerprint density at radius 2 is 1.81 bits per heavy atom. The first-order valence-electron chi connectivity index (χ1n) is 7.40. The van der Waals surface area contributed by atoms with Gasteiger partial charge in [0.15, 0.2) is 5.78 Å². The molecule has 0 radical (unpaired) electrons. The molecule has 3 aromatic rings. The lowest BCUT2D eigenvalue weighted by molar-refractivity contribution is -0.138. The standard InChI is InChI=1S/C18H11ClF3NO3/c19-12-4-5-14-10(6-12)7-15(16(24)9-17(25)26)23(14)13-3-1-2-11(8-13)18(20,21)22/h1-8H,9H2,(H,25,26). The Labute approximate surface area is 150 Å². The summed E-state index contributed by atoms with van der Waals surface area (Å²) in [5, 5.41) is 9.78. The molecule has 0 unspecified atom stereocenters. The van der Waals surface area contributed by atoms with Crippen molar-refractivity contribution in [1.29, 1.82) is 0 Å². The molecule has 0 atom stereocenters. The maximum absolute atomic E-state index is 13.0. The summed E-state index contributed by atoms with van der Waals surface area (Å²) in [6, 6.07) is 10.6. The number of halogens is 4. The van der Waals surface area contributed by atoms with E-state index in [9.17, 15) is 22.8 Å². The topological polar surface area (TPSA) is 59.3 Å². The SMILES string of the molecule is O=C(O)CC(=O)c1cc2cc(Cl)ccc2n1-c1cccc(C(F)(F)F)c1. The molecule has 0 aliphatic heterocycles. The number of aliphatic carboxylic acids is 1. The lowest BCUT2D eigenvalue weighted by atomic mass is 10.1. The minimum atomic E-state index is -4.55. The summed E-state index contributed by atoms with van der Waals surface area (Å²) in [6.07, 6.45) is -5.32. The number of benzene rings is 2. The average Bonchev–Trinajstić information content (AvgIpc) is 2.92. The molecule has 0 spiro atoms. The summed E-state index contributed by atoms with van der Waals surface area (Å²) in [5.74, 6) is -2.05. The van der Waals surface area contributed by atoms with Crippen molar-refractivity contribution in [3.05, 3.63) is 64.8 Å². The largest absolute Gasteiger partial charge is 0.481 e. The number of carboxylic acids is 1. The van der Waals surface area contributed by atoms with Crippen LogP contribution in [0.25, 0.3) is 16.6 Å². The van der Waals surface area contributed by atoms with Gasteiger partial charge in [0.05, 0.1) is 16.8 Å². The fraction of sp³-hybridized carbons (Fsp3) is 0.111. The fourth-order valence-electron chi connectivity index (χ4n) is 2.72. The highest BCUT2D eigenvalue weighted by Gasteiger charge is 2.31. The van der Waals surface area contributed by atoms with E-state index in [2.05, 4.69) is 0 Å². The van der Waals surface area contributed by atoms with Crippen LogP contribution < -0.4 is 0 Å². The van der Waals surface area contributed by atoms with Crippen LogP contribution in [0.1, 0.15) is 22.5 Å². The molecule has 0 amide bonds. The van der Waals surface area contributed by atoms with E-state index in [0.717, 1.165) is 12.1 Å². The van der Waals surface area contributed by atoms with Gasteiger partial charge in [-0.25, -0.2) is 0 Å². The van der Waals surface area contributed by atoms with E-state index < -0.39 is 29.9 Å². The van der Waals surface area contributed by atoms with Gasteiger partial charge in [0.1, 0.15) is 6.42 Å². The molecule has 26 heavy (non-hydrogen) atoms. The van der Waals surface area contributed by atoms with Crippen molar-refractivity contribution in [3.8, 4) is 5.69 Å². The van der Waals surface area contributed by atoms with E-state index in [1.54, 1.807) is 18.2 Å². The molecular weight excluding hydrogens is 371 g/mol. The quantitative estimate of drug-likeness (QED) is 0.513. The number of rotatable bonds is 4. The summed E-state index contributed by atoms with van der Waals surface area (Å²) in [6.45, 7) is 0. The zero-order valence-electron chi connectivity index (χ0n) is 13.0. The van der Waals surface area contributed by atoms with Crippen LogP contribution in [0.5, 0.6) is 0 Å². The number of hydrogen-bond donors (Lipinski definition) is 1. The van der Waals surface area contributed by atoms with E-state index in [1.165, 1.54) is 22.8 Å². The van der Waals surface area contributed by atoms with Gasteiger partial charge in [-0.05, 0) is 42.5 Å². The molecule has 0 saturated carbocycles. The highest BCUT2D eigenvalue weighted by molar-refractivity contribution is 6.31. The number of carbonyl (C=O) groups excluding carboxylic acids is 1. The van der Waals surface area contributed by atoms with Crippen LogP contribution in [0.3, 0.4) is 0 Å². The van der Waals surface area contributed by atoms with Crippen LogP contribution in [0.4, 0.5) is 13.2 Å². The number of carboxylic acid groups (broad SMARTS) is 1. The third-order valence-corrected chi connectivity index (χ3v) is 4.03. The number of nitrogens with zero attached hydrogens (tertiary/aromatic N) is 1. The number of aromatic nitrogens is 1. The van der Waals surface area contributed by atoms with Crippen LogP contribution >= 0.6 is 11.6 Å². The normalized spacial score (nSPS) is 11.7. The van der Waals surface area contributed by atoms with Gasteiger partial charge in [0.2, 0.25) is 0 Å². The number of Topliss-reactive ketones (excluding diaryl/α,β-unsaturated/α-hetero) is 1. The summed E-state index contributed by atoms with van der Waals surface area (Å²) in [7, 11) is 0. The number of carbonyl (C=O) groups is 2. The average molecular weight is 382 g/mol. The lowest BCUT2D eigenvalue weighted by Gasteiger charge is -2.13. The van der Waals surface area contributed by atoms with Crippen LogP contribution in [-0.4, -0.2) is 21.4 Å². The van der Waals surface area contributed by atoms with Gasteiger partial charge in [-0.2, -0.15) is 13.2 Å². The van der Waals surface area contributed by atoms with Gasteiger partial charge in [0, 0.05) is 16.1 Å². The summed E-state index contributed by atoms with van der Waals surface area (Å²) in [4.78, 5) is 23.2. The summed E-state index contributed by atoms with van der Waals surface area (Å²) < 4.78 is 40.4. The predicted octanol–water partition coefficient (Wildman–Crippen LogP) is 4.96. The zero-order valence-corrected chi connectivity index (χ0v) is 13.8. The second-order valence-electron chi connectivity index (χ2n) is 5.61. The van der Waals surface area contributed by atoms with Crippen molar-refractivity contribution in [3.63, 3.8) is 0 Å². The van der Waals surface area contributed by atoms with Crippen LogP contribution in [-0.2, 0) is 11.0 Å². The van der Waals surface area contributed by atoms with E-state index >= 15 is 0 Å². The molecule has 0 aliphatic carbocycles. The summed E-state index contributed by atoms with van der Waals surface area (Å²) >= 11 is 5.94. The molecular formula is C18H11ClF3NO3. The monoisotopic (exact) mass is 381 g/mol. The fourth-order valence-corrected chi connectivity index (χ4v) is 2.90.